The third kappa shape index (κ3) is 2.71. The Morgan fingerprint density at radius 1 is 1.16 bits per heavy atom. The summed E-state index contributed by atoms with van der Waals surface area (Å²) < 4.78 is 5.70. The van der Waals surface area contributed by atoms with Gasteiger partial charge in [-0.15, -0.1) is 0 Å². The lowest BCUT2D eigenvalue weighted by Crippen LogP contribution is -2.28. The maximum absolute atomic E-state index is 12.5. The first-order chi connectivity index (χ1) is 12.2. The highest BCUT2D eigenvalue weighted by atomic mass is 16.5. The van der Waals surface area contributed by atoms with Crippen molar-refractivity contribution in [2.45, 2.75) is 12.8 Å². The molecule has 0 saturated carbocycles. The van der Waals surface area contributed by atoms with Gasteiger partial charge >= 0.3 is 0 Å². The number of aromatic amines is 1. The van der Waals surface area contributed by atoms with Crippen LogP contribution in [0.15, 0.2) is 30.3 Å². The molecule has 0 radical (unpaired) electrons. The summed E-state index contributed by atoms with van der Waals surface area (Å²) in [5, 5.41) is 2.60. The summed E-state index contributed by atoms with van der Waals surface area (Å²) >= 11 is 0. The van der Waals surface area contributed by atoms with Gasteiger partial charge < -0.3 is 19.9 Å². The zero-order chi connectivity index (χ0) is 17.4. The molecular weight excluding hydrogens is 320 g/mol. The minimum absolute atomic E-state index is 0.0189. The summed E-state index contributed by atoms with van der Waals surface area (Å²) in [6, 6.07) is 9.04. The molecule has 2 aliphatic heterocycles. The van der Waals surface area contributed by atoms with E-state index in [4.69, 9.17) is 4.74 Å². The Morgan fingerprint density at radius 2 is 1.88 bits per heavy atom. The lowest BCUT2D eigenvalue weighted by molar-refractivity contribution is 0.0787. The van der Waals surface area contributed by atoms with Gasteiger partial charge in [0.25, 0.3) is 11.8 Å². The van der Waals surface area contributed by atoms with Gasteiger partial charge in [-0.2, -0.15) is 0 Å². The van der Waals surface area contributed by atoms with Crippen LogP contribution >= 0.6 is 0 Å². The smallest absolute Gasteiger partial charge is 0.270 e. The number of H-pyrrole nitrogens is 1. The number of aromatic nitrogens is 1. The number of carbonyl (C=O) groups excluding carboxylic acids is 2. The molecule has 1 aromatic carbocycles. The maximum Gasteiger partial charge on any atom is 0.270 e. The minimum Gasteiger partial charge on any atom is -0.469 e. The normalized spacial score (nSPS) is 15.9. The summed E-state index contributed by atoms with van der Waals surface area (Å²) in [5.74, 6) is 1.35. The molecule has 2 amide bonds. The van der Waals surface area contributed by atoms with Crippen molar-refractivity contribution in [1.29, 1.82) is 0 Å². The second-order valence-corrected chi connectivity index (χ2v) is 6.22. The van der Waals surface area contributed by atoms with Gasteiger partial charge in [-0.1, -0.05) is 0 Å². The molecule has 2 aliphatic rings. The molecule has 0 spiro atoms. The predicted molar refractivity (Wildman–Crippen MR) is 93.4 cm³/mol. The van der Waals surface area contributed by atoms with E-state index in [9.17, 15) is 9.59 Å². The highest BCUT2D eigenvalue weighted by Crippen LogP contribution is 2.39. The van der Waals surface area contributed by atoms with E-state index < -0.39 is 0 Å². The molecule has 25 heavy (non-hydrogen) atoms. The van der Waals surface area contributed by atoms with Gasteiger partial charge in [0, 0.05) is 37.5 Å². The van der Waals surface area contributed by atoms with Crippen molar-refractivity contribution in [3.05, 3.63) is 41.6 Å². The van der Waals surface area contributed by atoms with Crippen molar-refractivity contribution in [3.63, 3.8) is 0 Å². The largest absolute Gasteiger partial charge is 0.469 e. The molecule has 0 unspecified atom stereocenters. The van der Waals surface area contributed by atoms with E-state index in [1.807, 2.05) is 21.9 Å². The van der Waals surface area contributed by atoms with Gasteiger partial charge in [0.05, 0.1) is 0 Å². The topological polar surface area (TPSA) is 77.7 Å². The molecule has 0 atom stereocenters. The van der Waals surface area contributed by atoms with Crippen LogP contribution in [-0.4, -0.2) is 48.6 Å². The predicted octanol–water partition coefficient (Wildman–Crippen LogP) is 2.10. The van der Waals surface area contributed by atoms with Crippen molar-refractivity contribution < 1.29 is 14.3 Å². The molecule has 4 rings (SSSR count). The summed E-state index contributed by atoms with van der Waals surface area (Å²) in [6.45, 7) is 2.00. The van der Waals surface area contributed by atoms with Crippen LogP contribution in [0.3, 0.4) is 0 Å². The molecule has 0 aliphatic carbocycles. The number of hydrogen-bond donors (Lipinski definition) is 2. The van der Waals surface area contributed by atoms with E-state index >= 15 is 0 Å². The highest BCUT2D eigenvalue weighted by Gasteiger charge is 2.29. The molecule has 2 N–H and O–H groups in total. The van der Waals surface area contributed by atoms with Crippen LogP contribution in [0, 0.1) is 0 Å². The lowest BCUT2D eigenvalue weighted by Gasteiger charge is -2.17. The van der Waals surface area contributed by atoms with Crippen molar-refractivity contribution in [2.75, 3.05) is 31.8 Å². The Hall–Kier alpha value is -2.96. The molecule has 7 nitrogen and oxygen atoms in total. The third-order valence-electron chi connectivity index (χ3n) is 4.67. The Labute approximate surface area is 145 Å². The molecular formula is C18H20N4O3. The van der Waals surface area contributed by atoms with Gasteiger partial charge in [-0.3, -0.25) is 14.5 Å². The van der Waals surface area contributed by atoms with Crippen LogP contribution in [0.2, 0.25) is 0 Å². The van der Waals surface area contributed by atoms with Crippen molar-refractivity contribution in [1.82, 2.24) is 15.2 Å². The molecule has 1 aromatic heterocycles. The van der Waals surface area contributed by atoms with Crippen molar-refractivity contribution in [2.24, 2.45) is 0 Å². The Morgan fingerprint density at radius 3 is 2.56 bits per heavy atom. The van der Waals surface area contributed by atoms with Gasteiger partial charge in [-0.25, -0.2) is 0 Å². The van der Waals surface area contributed by atoms with E-state index in [0.29, 0.717) is 23.7 Å². The number of rotatable bonds is 3. The zero-order valence-corrected chi connectivity index (χ0v) is 14.0. The average molecular weight is 340 g/mol. The van der Waals surface area contributed by atoms with E-state index in [1.54, 1.807) is 25.2 Å². The molecule has 0 bridgehead atoms. The molecule has 130 valence electrons. The number of anilines is 2. The summed E-state index contributed by atoms with van der Waals surface area (Å²) in [6.07, 6.45) is 2.12. The average Bonchev–Trinajstić information content (AvgIpc) is 3.37. The fourth-order valence-corrected chi connectivity index (χ4v) is 3.28. The number of amides is 2. The molecule has 1 fully saturated rings. The number of nitrogens with zero attached hydrogens (tertiary/aromatic N) is 2. The summed E-state index contributed by atoms with van der Waals surface area (Å²) in [4.78, 5) is 31.2. The number of hydrogen-bond acceptors (Lipinski definition) is 4. The minimum atomic E-state index is -0.122. The van der Waals surface area contributed by atoms with E-state index in [2.05, 4.69) is 10.3 Å². The van der Waals surface area contributed by atoms with Gasteiger partial charge in [0.2, 0.25) is 0 Å². The highest BCUT2D eigenvalue weighted by molar-refractivity contribution is 5.95. The van der Waals surface area contributed by atoms with Crippen LogP contribution in [0.5, 0.6) is 5.75 Å². The van der Waals surface area contributed by atoms with Gasteiger partial charge in [0.15, 0.2) is 18.3 Å². The Bertz CT molecular complexity index is 806. The van der Waals surface area contributed by atoms with Gasteiger partial charge in [-0.05, 0) is 37.1 Å². The Balaban J connectivity index is 1.57. The summed E-state index contributed by atoms with van der Waals surface area (Å²) in [5.41, 5.74) is 2.05. The van der Waals surface area contributed by atoms with Crippen LogP contribution in [0.25, 0.3) is 0 Å². The van der Waals surface area contributed by atoms with Crippen LogP contribution < -0.4 is 15.0 Å². The van der Waals surface area contributed by atoms with E-state index in [1.165, 1.54) is 0 Å². The monoisotopic (exact) mass is 340 g/mol. The fraction of sp³-hybridized carbons (Fsp3) is 0.333. The SMILES string of the molecule is CNC(=O)c1ccc(N2COc3cc(C(=O)N4CCCC4)[nH]c32)cc1. The fourth-order valence-electron chi connectivity index (χ4n) is 3.28. The second-order valence-electron chi connectivity index (χ2n) is 6.22. The number of nitrogens with one attached hydrogen (secondary N) is 2. The first kappa shape index (κ1) is 15.6. The summed E-state index contributed by atoms with van der Waals surface area (Å²) in [7, 11) is 1.61. The zero-order valence-electron chi connectivity index (χ0n) is 14.0. The quantitative estimate of drug-likeness (QED) is 0.897. The number of likely N-dealkylation sites (tertiary alicyclic amines) is 1. The number of carbonyl (C=O) groups is 2. The standard InChI is InChI=1S/C18H20N4O3/c1-19-17(23)12-4-6-13(7-5-12)22-11-25-15-10-14(20-16(15)22)18(24)21-8-2-3-9-21/h4-7,10,20H,2-3,8-9,11H2,1H3,(H,19,23). The Kier molecular flexibility index (Phi) is 3.83. The molecule has 2 aromatic rings. The van der Waals surface area contributed by atoms with Crippen LogP contribution in [0.4, 0.5) is 11.5 Å². The maximum atomic E-state index is 12.5. The lowest BCUT2D eigenvalue weighted by atomic mass is 10.2. The third-order valence-corrected chi connectivity index (χ3v) is 4.67. The van der Waals surface area contributed by atoms with Crippen molar-refractivity contribution >= 4 is 23.3 Å². The number of benzene rings is 1. The number of ether oxygens (including phenoxy) is 1. The molecule has 7 heteroatoms. The van der Waals surface area contributed by atoms with Crippen LogP contribution in [0.1, 0.15) is 33.7 Å². The second kappa shape index (κ2) is 6.16. The first-order valence-electron chi connectivity index (χ1n) is 8.42. The van der Waals surface area contributed by atoms with Crippen molar-refractivity contribution in [3.8, 4) is 5.75 Å². The van der Waals surface area contributed by atoms with Gasteiger partial charge in [0.1, 0.15) is 5.69 Å². The van der Waals surface area contributed by atoms with Crippen LogP contribution in [-0.2, 0) is 0 Å². The first-order valence-corrected chi connectivity index (χ1v) is 8.42. The molecule has 3 heterocycles. The van der Waals surface area contributed by atoms with E-state index in [0.717, 1.165) is 37.4 Å². The van der Waals surface area contributed by atoms with E-state index in [-0.39, 0.29) is 11.8 Å². The molecule has 1 saturated heterocycles. The number of fused-ring (bicyclic) bond motifs is 1.